The van der Waals surface area contributed by atoms with Crippen LogP contribution < -0.4 is 16.0 Å². The Morgan fingerprint density at radius 3 is 2.23 bits per heavy atom. The van der Waals surface area contributed by atoms with Crippen LogP contribution in [0.15, 0.2) is 42.5 Å². The fourth-order valence-corrected chi connectivity index (χ4v) is 5.48. The molecule has 4 N–H and O–H groups in total. The Morgan fingerprint density at radius 2 is 1.60 bits per heavy atom. The van der Waals surface area contributed by atoms with Crippen LogP contribution in [0, 0.1) is 5.92 Å². The first kappa shape index (κ1) is 36.0. The summed E-state index contributed by atoms with van der Waals surface area (Å²) in [6, 6.07) is 5.88. The van der Waals surface area contributed by atoms with Crippen molar-refractivity contribution in [2.24, 2.45) is 5.92 Å². The molecule has 1 aliphatic heterocycles. The van der Waals surface area contributed by atoms with Gasteiger partial charge in [-0.2, -0.15) is 0 Å². The zero-order valence-corrected chi connectivity index (χ0v) is 26.5. The number of benzene rings is 1. The maximum absolute atomic E-state index is 13.5. The Labute approximate surface area is 260 Å². The summed E-state index contributed by atoms with van der Waals surface area (Å²) in [7, 11) is 0. The van der Waals surface area contributed by atoms with E-state index in [1.165, 1.54) is 13.8 Å². The van der Waals surface area contributed by atoms with Crippen molar-refractivity contribution in [3.05, 3.63) is 48.0 Å². The van der Waals surface area contributed by atoms with Gasteiger partial charge in [-0.05, 0) is 24.0 Å². The Balaban J connectivity index is 2.42. The third-order valence-electron chi connectivity index (χ3n) is 6.45. The standard InChI is InChI=1S/C30H41N3O8S2/c1-18(2)28-25(36)16-27(38)41-22(12-8-9-13-42-19(3)34)15-26(37)31-23(14-21-10-6-5-7-11-21)29(39)32-24(30(40)33-28)17-43-20(4)35/h5-8,10-12,18,22-25,28,36H,9,13-17H2,1-4H3,(H,31,37)(H,32,39)(H,33,40)/t22-,23-,24-,25+,28-/m1/s1. The average Bonchev–Trinajstić information content (AvgIpc) is 2.92. The molecule has 0 saturated carbocycles. The molecule has 0 aromatic heterocycles. The van der Waals surface area contributed by atoms with Gasteiger partial charge in [0.25, 0.3) is 0 Å². The van der Waals surface area contributed by atoms with Gasteiger partial charge >= 0.3 is 5.97 Å². The number of thioether (sulfide) groups is 2. The molecule has 0 spiro atoms. The van der Waals surface area contributed by atoms with Crippen molar-refractivity contribution in [3.63, 3.8) is 0 Å². The summed E-state index contributed by atoms with van der Waals surface area (Å²) in [4.78, 5) is 75.8. The third-order valence-corrected chi connectivity index (χ3v) is 8.20. The van der Waals surface area contributed by atoms with E-state index < -0.39 is 60.4 Å². The number of cyclic esters (lactones) is 1. The maximum Gasteiger partial charge on any atom is 0.309 e. The summed E-state index contributed by atoms with van der Waals surface area (Å²) in [6.45, 7) is 6.32. The maximum atomic E-state index is 13.5. The molecule has 5 atom stereocenters. The summed E-state index contributed by atoms with van der Waals surface area (Å²) in [5, 5.41) is 18.7. The molecule has 0 bridgehead atoms. The van der Waals surface area contributed by atoms with E-state index in [9.17, 15) is 33.9 Å². The molecule has 1 aromatic rings. The van der Waals surface area contributed by atoms with Gasteiger partial charge < -0.3 is 25.8 Å². The highest BCUT2D eigenvalue weighted by Crippen LogP contribution is 2.15. The summed E-state index contributed by atoms with van der Waals surface area (Å²) in [5.41, 5.74) is 0.758. The number of amides is 3. The van der Waals surface area contributed by atoms with Gasteiger partial charge in [0, 0.05) is 31.8 Å². The van der Waals surface area contributed by atoms with Crippen LogP contribution in [0.3, 0.4) is 0 Å². The van der Waals surface area contributed by atoms with Crippen molar-refractivity contribution in [1.82, 2.24) is 16.0 Å². The minimum absolute atomic E-state index is 0.0289. The van der Waals surface area contributed by atoms with E-state index in [0.29, 0.717) is 12.2 Å². The number of aliphatic hydroxyl groups is 1. The molecule has 236 valence electrons. The SMILES string of the molecule is CC(=O)SCCC=C[C@@H]1CC(=O)N[C@H](Cc2ccccc2)C(=O)N[C@H](CSC(C)=O)C(=O)N[C@H](C(C)C)[C@@H](O)CC(=O)O1. The second-order valence-corrected chi connectivity index (χ2v) is 13.0. The molecule has 0 radical (unpaired) electrons. The second-order valence-electron chi connectivity index (χ2n) is 10.5. The smallest absolute Gasteiger partial charge is 0.309 e. The molecule has 13 heteroatoms. The zero-order chi connectivity index (χ0) is 31.9. The zero-order valence-electron chi connectivity index (χ0n) is 24.9. The summed E-state index contributed by atoms with van der Waals surface area (Å²) >= 11 is 2.00. The van der Waals surface area contributed by atoms with Gasteiger partial charge in [-0.15, -0.1) is 0 Å². The number of carbonyl (C=O) groups excluding carboxylic acids is 6. The predicted octanol–water partition coefficient (Wildman–Crippen LogP) is 1.91. The predicted molar refractivity (Wildman–Crippen MR) is 166 cm³/mol. The molecule has 2 rings (SSSR count). The van der Waals surface area contributed by atoms with Gasteiger partial charge in [-0.25, -0.2) is 0 Å². The molecule has 1 fully saturated rings. The molecule has 0 aliphatic carbocycles. The van der Waals surface area contributed by atoms with E-state index in [2.05, 4.69) is 16.0 Å². The van der Waals surface area contributed by atoms with Crippen LogP contribution in [0.4, 0.5) is 0 Å². The Morgan fingerprint density at radius 1 is 0.953 bits per heavy atom. The first-order valence-corrected chi connectivity index (χ1v) is 16.1. The van der Waals surface area contributed by atoms with E-state index in [0.717, 1.165) is 29.1 Å². The van der Waals surface area contributed by atoms with Crippen molar-refractivity contribution in [2.75, 3.05) is 11.5 Å². The fourth-order valence-electron chi connectivity index (χ4n) is 4.31. The first-order chi connectivity index (χ1) is 20.3. The van der Waals surface area contributed by atoms with Gasteiger partial charge in [0.2, 0.25) is 17.7 Å². The number of carbonyl (C=O) groups is 6. The van der Waals surface area contributed by atoms with Gasteiger partial charge in [0.15, 0.2) is 10.2 Å². The first-order valence-electron chi connectivity index (χ1n) is 14.1. The van der Waals surface area contributed by atoms with Crippen molar-refractivity contribution in [3.8, 4) is 0 Å². The van der Waals surface area contributed by atoms with Crippen LogP contribution >= 0.6 is 23.5 Å². The quantitative estimate of drug-likeness (QED) is 0.179. The van der Waals surface area contributed by atoms with Crippen molar-refractivity contribution >= 4 is 57.4 Å². The van der Waals surface area contributed by atoms with Gasteiger partial charge in [0.05, 0.1) is 25.0 Å². The number of ether oxygens (including phenoxy) is 1. The highest BCUT2D eigenvalue weighted by atomic mass is 32.2. The highest BCUT2D eigenvalue weighted by molar-refractivity contribution is 8.13. The van der Waals surface area contributed by atoms with E-state index >= 15 is 0 Å². The Bertz CT molecular complexity index is 1160. The molecule has 43 heavy (non-hydrogen) atoms. The van der Waals surface area contributed by atoms with Crippen LogP contribution in [0.1, 0.15) is 52.5 Å². The topological polar surface area (TPSA) is 168 Å². The molecule has 3 amide bonds. The summed E-state index contributed by atoms with van der Waals surface area (Å²) in [5.74, 6) is -2.50. The lowest BCUT2D eigenvalue weighted by Gasteiger charge is -2.29. The van der Waals surface area contributed by atoms with E-state index in [1.807, 2.05) is 6.07 Å². The van der Waals surface area contributed by atoms with Gasteiger partial charge in [-0.1, -0.05) is 73.8 Å². The number of allylic oxidation sites excluding steroid dienone is 1. The summed E-state index contributed by atoms with van der Waals surface area (Å²) in [6.07, 6.45) is 0.774. The minimum atomic E-state index is -1.32. The molecule has 0 unspecified atom stereocenters. The lowest BCUT2D eigenvalue weighted by atomic mass is 9.96. The summed E-state index contributed by atoms with van der Waals surface area (Å²) < 4.78 is 5.54. The minimum Gasteiger partial charge on any atom is -0.457 e. The Kier molecular flexibility index (Phi) is 15.5. The highest BCUT2D eigenvalue weighted by Gasteiger charge is 2.33. The lowest BCUT2D eigenvalue weighted by Crippen LogP contribution is -2.58. The Hall–Kier alpha value is -3.16. The monoisotopic (exact) mass is 635 g/mol. The van der Waals surface area contributed by atoms with Crippen molar-refractivity contribution in [2.45, 2.75) is 83.7 Å². The van der Waals surface area contributed by atoms with Crippen LogP contribution in [-0.2, 0) is 39.9 Å². The lowest BCUT2D eigenvalue weighted by molar-refractivity contribution is -0.151. The number of hydrogen-bond acceptors (Lipinski definition) is 10. The fraction of sp³-hybridized carbons (Fsp3) is 0.533. The third kappa shape index (κ3) is 13.8. The number of rotatable bonds is 9. The average molecular weight is 636 g/mol. The van der Waals surface area contributed by atoms with Crippen LogP contribution in [0.25, 0.3) is 0 Å². The molecule has 1 aliphatic rings. The number of aliphatic hydroxyl groups excluding tert-OH is 1. The van der Waals surface area contributed by atoms with Crippen LogP contribution in [0.2, 0.25) is 0 Å². The molecule has 11 nitrogen and oxygen atoms in total. The van der Waals surface area contributed by atoms with Crippen LogP contribution in [-0.4, -0.2) is 80.9 Å². The van der Waals surface area contributed by atoms with E-state index in [4.69, 9.17) is 4.74 Å². The molecular formula is C30H41N3O8S2. The van der Waals surface area contributed by atoms with Crippen molar-refractivity contribution in [1.29, 1.82) is 0 Å². The molecular weight excluding hydrogens is 594 g/mol. The van der Waals surface area contributed by atoms with Gasteiger partial charge in [-0.3, -0.25) is 28.8 Å². The normalized spacial score (nSPS) is 24.4. The van der Waals surface area contributed by atoms with E-state index in [1.54, 1.807) is 50.3 Å². The molecule has 1 saturated heterocycles. The number of nitrogens with one attached hydrogen (secondary N) is 3. The largest absolute Gasteiger partial charge is 0.457 e. The number of esters is 1. The molecule has 1 aromatic carbocycles. The molecule has 1 heterocycles. The second kappa shape index (κ2) is 18.5. The van der Waals surface area contributed by atoms with E-state index in [-0.39, 0.29) is 34.7 Å². The van der Waals surface area contributed by atoms with Crippen LogP contribution in [0.5, 0.6) is 0 Å². The van der Waals surface area contributed by atoms with Gasteiger partial charge in [0.1, 0.15) is 18.2 Å². The number of hydrogen-bond donors (Lipinski definition) is 4. The van der Waals surface area contributed by atoms with Crippen molar-refractivity contribution < 1.29 is 38.6 Å².